The van der Waals surface area contributed by atoms with Gasteiger partial charge in [-0.1, -0.05) is 36.2 Å². The van der Waals surface area contributed by atoms with Gasteiger partial charge in [0.25, 0.3) is 0 Å². The van der Waals surface area contributed by atoms with Crippen molar-refractivity contribution in [3.63, 3.8) is 0 Å². The summed E-state index contributed by atoms with van der Waals surface area (Å²) in [5, 5.41) is 3.95. The molecule has 1 aromatic heterocycles. The molecule has 21 heavy (non-hydrogen) atoms. The van der Waals surface area contributed by atoms with E-state index in [0.717, 1.165) is 12.8 Å². The summed E-state index contributed by atoms with van der Waals surface area (Å²) >= 11 is 1.66. The zero-order chi connectivity index (χ0) is 14.5. The van der Waals surface area contributed by atoms with E-state index in [4.69, 9.17) is 4.52 Å². The molecule has 0 unspecified atom stereocenters. The van der Waals surface area contributed by atoms with Crippen LogP contribution in [0.15, 0.2) is 39.8 Å². The molecule has 4 nitrogen and oxygen atoms in total. The van der Waals surface area contributed by atoms with Crippen molar-refractivity contribution >= 4 is 17.5 Å². The van der Waals surface area contributed by atoms with Crippen LogP contribution >= 0.6 is 11.8 Å². The Balaban J connectivity index is 1.52. The van der Waals surface area contributed by atoms with E-state index >= 15 is 0 Å². The first-order chi connectivity index (χ1) is 10.3. The normalized spacial score (nSPS) is 15.4. The van der Waals surface area contributed by atoms with Gasteiger partial charge in [0.05, 0.1) is 12.2 Å². The maximum absolute atomic E-state index is 12.1. The molecule has 1 aromatic carbocycles. The SMILES string of the molecule is O=C(Cc1nc(CSc2ccccc2)no1)C1CCCC1. The van der Waals surface area contributed by atoms with Crippen LogP contribution in [0.2, 0.25) is 0 Å². The highest BCUT2D eigenvalue weighted by atomic mass is 32.2. The molecular weight excluding hydrogens is 284 g/mol. The Bertz CT molecular complexity index is 591. The van der Waals surface area contributed by atoms with Crippen molar-refractivity contribution < 1.29 is 9.32 Å². The molecule has 110 valence electrons. The maximum atomic E-state index is 12.1. The number of carbonyl (C=O) groups excluding carboxylic acids is 1. The predicted molar refractivity (Wildman–Crippen MR) is 81.0 cm³/mol. The number of hydrogen-bond donors (Lipinski definition) is 0. The quantitative estimate of drug-likeness (QED) is 0.762. The molecule has 0 bridgehead atoms. The number of rotatable bonds is 6. The molecule has 1 heterocycles. The molecule has 5 heteroatoms. The van der Waals surface area contributed by atoms with Gasteiger partial charge in [0.1, 0.15) is 5.78 Å². The summed E-state index contributed by atoms with van der Waals surface area (Å²) in [6.45, 7) is 0. The van der Waals surface area contributed by atoms with Crippen molar-refractivity contribution in [3.8, 4) is 0 Å². The Kier molecular flexibility index (Phi) is 4.70. The van der Waals surface area contributed by atoms with Crippen LogP contribution in [0.3, 0.4) is 0 Å². The minimum absolute atomic E-state index is 0.207. The van der Waals surface area contributed by atoms with E-state index in [0.29, 0.717) is 17.5 Å². The molecule has 2 aromatic rings. The first-order valence-corrected chi connectivity index (χ1v) is 8.32. The van der Waals surface area contributed by atoms with Gasteiger partial charge < -0.3 is 4.52 Å². The number of Topliss-reactive ketones (excluding diaryl/α,β-unsaturated/α-hetero) is 1. The van der Waals surface area contributed by atoms with Crippen LogP contribution in [0.4, 0.5) is 0 Å². The molecule has 0 saturated heterocycles. The van der Waals surface area contributed by atoms with Gasteiger partial charge in [0, 0.05) is 10.8 Å². The second-order valence-corrected chi connectivity index (χ2v) is 6.38. The Hall–Kier alpha value is -1.62. The van der Waals surface area contributed by atoms with Crippen LogP contribution in [0.25, 0.3) is 0 Å². The molecule has 0 spiro atoms. The fraction of sp³-hybridized carbons (Fsp3) is 0.438. The van der Waals surface area contributed by atoms with Gasteiger partial charge in [-0.3, -0.25) is 4.79 Å². The van der Waals surface area contributed by atoms with E-state index in [2.05, 4.69) is 22.3 Å². The molecule has 0 N–H and O–H groups in total. The molecule has 1 aliphatic rings. The smallest absolute Gasteiger partial charge is 0.234 e. The fourth-order valence-electron chi connectivity index (χ4n) is 2.63. The number of hydrogen-bond acceptors (Lipinski definition) is 5. The summed E-state index contributed by atoms with van der Waals surface area (Å²) in [6, 6.07) is 10.1. The lowest BCUT2D eigenvalue weighted by molar-refractivity contribution is -0.122. The highest BCUT2D eigenvalue weighted by molar-refractivity contribution is 7.98. The van der Waals surface area contributed by atoms with Crippen LogP contribution in [0.1, 0.15) is 37.4 Å². The van der Waals surface area contributed by atoms with Crippen LogP contribution < -0.4 is 0 Å². The Labute approximate surface area is 128 Å². The number of thioether (sulfide) groups is 1. The first kappa shape index (κ1) is 14.3. The summed E-state index contributed by atoms with van der Waals surface area (Å²) in [4.78, 5) is 17.6. The van der Waals surface area contributed by atoms with Crippen molar-refractivity contribution in [2.75, 3.05) is 0 Å². The minimum Gasteiger partial charge on any atom is -0.339 e. The highest BCUT2D eigenvalue weighted by Gasteiger charge is 2.24. The monoisotopic (exact) mass is 302 g/mol. The molecule has 0 aliphatic heterocycles. The summed E-state index contributed by atoms with van der Waals surface area (Å²) in [6.07, 6.45) is 4.65. The lowest BCUT2D eigenvalue weighted by atomic mass is 10.0. The van der Waals surface area contributed by atoms with Crippen LogP contribution in [0.5, 0.6) is 0 Å². The van der Waals surface area contributed by atoms with E-state index in [9.17, 15) is 4.79 Å². The summed E-state index contributed by atoms with van der Waals surface area (Å²) in [7, 11) is 0. The number of ketones is 1. The largest absolute Gasteiger partial charge is 0.339 e. The first-order valence-electron chi connectivity index (χ1n) is 7.33. The van der Waals surface area contributed by atoms with E-state index in [1.54, 1.807) is 11.8 Å². The lowest BCUT2D eigenvalue weighted by Crippen LogP contribution is -2.13. The maximum Gasteiger partial charge on any atom is 0.234 e. The standard InChI is InChI=1S/C16H18N2O2S/c19-14(12-6-4-5-7-12)10-16-17-15(18-20-16)11-21-13-8-2-1-3-9-13/h1-3,8-9,12H,4-7,10-11H2. The molecule has 1 aliphatic carbocycles. The van der Waals surface area contributed by atoms with Gasteiger partial charge in [-0.05, 0) is 25.0 Å². The van der Waals surface area contributed by atoms with Crippen molar-refractivity contribution in [2.45, 2.75) is 42.8 Å². The topological polar surface area (TPSA) is 56.0 Å². The Morgan fingerprint density at radius 2 is 2.00 bits per heavy atom. The van der Waals surface area contributed by atoms with Crippen molar-refractivity contribution in [2.24, 2.45) is 5.92 Å². The van der Waals surface area contributed by atoms with Crippen LogP contribution in [-0.2, 0) is 17.0 Å². The predicted octanol–water partition coefficient (Wildman–Crippen LogP) is 3.66. The van der Waals surface area contributed by atoms with E-state index in [1.165, 1.54) is 17.7 Å². The van der Waals surface area contributed by atoms with Gasteiger partial charge in [-0.2, -0.15) is 4.98 Å². The number of benzene rings is 1. The number of carbonyl (C=O) groups is 1. The average molecular weight is 302 g/mol. The van der Waals surface area contributed by atoms with Crippen molar-refractivity contribution in [1.82, 2.24) is 10.1 Å². The number of aromatic nitrogens is 2. The second-order valence-electron chi connectivity index (χ2n) is 5.33. The molecular formula is C16H18N2O2S. The average Bonchev–Trinajstić information content (AvgIpc) is 3.18. The van der Waals surface area contributed by atoms with Crippen LogP contribution in [0, 0.1) is 5.92 Å². The summed E-state index contributed by atoms with van der Waals surface area (Å²) in [5.41, 5.74) is 0. The highest BCUT2D eigenvalue weighted by Crippen LogP contribution is 2.26. The number of nitrogens with zero attached hydrogens (tertiary/aromatic N) is 2. The zero-order valence-corrected chi connectivity index (χ0v) is 12.6. The van der Waals surface area contributed by atoms with Gasteiger partial charge >= 0.3 is 0 Å². The molecule has 3 rings (SSSR count). The van der Waals surface area contributed by atoms with Crippen molar-refractivity contribution in [3.05, 3.63) is 42.0 Å². The van der Waals surface area contributed by atoms with E-state index in [-0.39, 0.29) is 18.1 Å². The molecule has 0 amide bonds. The summed E-state index contributed by atoms with van der Waals surface area (Å²) in [5.74, 6) is 2.22. The fourth-order valence-corrected chi connectivity index (χ4v) is 3.39. The third-order valence-corrected chi connectivity index (χ3v) is 4.77. The third-order valence-electron chi connectivity index (χ3n) is 3.76. The second kappa shape index (κ2) is 6.89. The molecule has 0 radical (unpaired) electrons. The van der Waals surface area contributed by atoms with Crippen molar-refractivity contribution in [1.29, 1.82) is 0 Å². The lowest BCUT2D eigenvalue weighted by Gasteiger charge is -2.04. The Morgan fingerprint density at radius 3 is 2.76 bits per heavy atom. The van der Waals surface area contributed by atoms with E-state index in [1.807, 2.05) is 18.2 Å². The summed E-state index contributed by atoms with van der Waals surface area (Å²) < 4.78 is 5.19. The Morgan fingerprint density at radius 1 is 1.24 bits per heavy atom. The zero-order valence-electron chi connectivity index (χ0n) is 11.8. The minimum atomic E-state index is 0.207. The van der Waals surface area contributed by atoms with E-state index < -0.39 is 0 Å². The van der Waals surface area contributed by atoms with Gasteiger partial charge in [0.15, 0.2) is 5.82 Å². The third kappa shape index (κ3) is 3.94. The van der Waals surface area contributed by atoms with Crippen LogP contribution in [-0.4, -0.2) is 15.9 Å². The van der Waals surface area contributed by atoms with Gasteiger partial charge in [-0.15, -0.1) is 11.8 Å². The van der Waals surface area contributed by atoms with Gasteiger partial charge in [0.2, 0.25) is 5.89 Å². The molecule has 1 saturated carbocycles. The van der Waals surface area contributed by atoms with Gasteiger partial charge in [-0.25, -0.2) is 0 Å². The molecule has 0 atom stereocenters. The molecule has 1 fully saturated rings.